The molecule has 0 radical (unpaired) electrons. The quantitative estimate of drug-likeness (QED) is 0.630. The molecular formula is C18H31NO2. The molecule has 21 heavy (non-hydrogen) atoms. The Labute approximate surface area is 130 Å². The summed E-state index contributed by atoms with van der Waals surface area (Å²) in [4.78, 5) is 0. The van der Waals surface area contributed by atoms with Gasteiger partial charge in [-0.3, -0.25) is 0 Å². The lowest BCUT2D eigenvalue weighted by Crippen LogP contribution is -2.37. The van der Waals surface area contributed by atoms with E-state index in [4.69, 9.17) is 9.47 Å². The minimum Gasteiger partial charge on any atom is -0.494 e. The first-order valence-corrected chi connectivity index (χ1v) is 7.96. The van der Waals surface area contributed by atoms with E-state index in [1.807, 2.05) is 30.3 Å². The summed E-state index contributed by atoms with van der Waals surface area (Å²) in [5.41, 5.74) is 0.299. The van der Waals surface area contributed by atoms with Gasteiger partial charge in [0.1, 0.15) is 5.75 Å². The largest absolute Gasteiger partial charge is 0.494 e. The second kappa shape index (κ2) is 9.80. The Hall–Kier alpha value is -1.06. The molecule has 1 unspecified atom stereocenters. The molecule has 1 aromatic carbocycles. The third kappa shape index (κ3) is 6.96. The number of para-hydroxylation sites is 1. The summed E-state index contributed by atoms with van der Waals surface area (Å²) >= 11 is 0. The van der Waals surface area contributed by atoms with Crippen LogP contribution in [0.15, 0.2) is 30.3 Å². The monoisotopic (exact) mass is 293 g/mol. The SMILES string of the molecule is COCCNCC(C)(CCCOc1ccccc1)C(C)C. The summed E-state index contributed by atoms with van der Waals surface area (Å²) in [5, 5.41) is 3.50. The maximum atomic E-state index is 5.78. The maximum absolute atomic E-state index is 5.78. The third-order valence-electron chi connectivity index (χ3n) is 4.31. The Morgan fingerprint density at radius 1 is 1.14 bits per heavy atom. The number of hydrogen-bond acceptors (Lipinski definition) is 3. The number of ether oxygens (including phenoxy) is 2. The van der Waals surface area contributed by atoms with E-state index in [-0.39, 0.29) is 0 Å². The molecule has 0 aliphatic heterocycles. The molecule has 0 aliphatic carbocycles. The molecular weight excluding hydrogens is 262 g/mol. The van der Waals surface area contributed by atoms with E-state index in [0.717, 1.165) is 44.9 Å². The second-order valence-corrected chi connectivity index (χ2v) is 6.24. The molecule has 0 aromatic heterocycles. The molecule has 0 saturated heterocycles. The minimum absolute atomic E-state index is 0.299. The molecule has 0 amide bonds. The van der Waals surface area contributed by atoms with Crippen LogP contribution in [0.1, 0.15) is 33.6 Å². The predicted octanol–water partition coefficient (Wildman–Crippen LogP) is 3.74. The van der Waals surface area contributed by atoms with Gasteiger partial charge in [0.2, 0.25) is 0 Å². The second-order valence-electron chi connectivity index (χ2n) is 6.24. The van der Waals surface area contributed by atoms with E-state index < -0.39 is 0 Å². The number of nitrogens with one attached hydrogen (secondary N) is 1. The fourth-order valence-electron chi connectivity index (χ4n) is 2.31. The summed E-state index contributed by atoms with van der Waals surface area (Å²) in [6.07, 6.45) is 2.24. The van der Waals surface area contributed by atoms with Crippen molar-refractivity contribution >= 4 is 0 Å². The van der Waals surface area contributed by atoms with E-state index in [0.29, 0.717) is 11.3 Å². The summed E-state index contributed by atoms with van der Waals surface area (Å²) in [7, 11) is 1.74. The van der Waals surface area contributed by atoms with Gasteiger partial charge < -0.3 is 14.8 Å². The van der Waals surface area contributed by atoms with Crippen LogP contribution in [0.4, 0.5) is 0 Å². The van der Waals surface area contributed by atoms with Crippen LogP contribution in [0.3, 0.4) is 0 Å². The Bertz CT molecular complexity index is 367. The molecule has 0 bridgehead atoms. The van der Waals surface area contributed by atoms with Gasteiger partial charge in [-0.25, -0.2) is 0 Å². The van der Waals surface area contributed by atoms with Crippen molar-refractivity contribution in [3.8, 4) is 5.75 Å². The van der Waals surface area contributed by atoms with Gasteiger partial charge in [-0.2, -0.15) is 0 Å². The molecule has 1 aromatic rings. The fourth-order valence-corrected chi connectivity index (χ4v) is 2.31. The zero-order valence-electron chi connectivity index (χ0n) is 14.0. The van der Waals surface area contributed by atoms with Crippen molar-refractivity contribution in [2.75, 3.05) is 33.4 Å². The Balaban J connectivity index is 2.29. The molecule has 0 heterocycles. The first-order valence-electron chi connectivity index (χ1n) is 7.96. The van der Waals surface area contributed by atoms with E-state index in [1.165, 1.54) is 0 Å². The number of benzene rings is 1. The summed E-state index contributed by atoms with van der Waals surface area (Å²) in [6.45, 7) is 10.5. The van der Waals surface area contributed by atoms with Crippen LogP contribution in [0, 0.1) is 11.3 Å². The number of hydrogen-bond donors (Lipinski definition) is 1. The molecule has 3 heteroatoms. The van der Waals surface area contributed by atoms with Crippen molar-refractivity contribution in [2.45, 2.75) is 33.6 Å². The van der Waals surface area contributed by atoms with Gasteiger partial charge in [-0.15, -0.1) is 0 Å². The summed E-state index contributed by atoms with van der Waals surface area (Å²) < 4.78 is 10.9. The van der Waals surface area contributed by atoms with Crippen LogP contribution in [-0.2, 0) is 4.74 Å². The first-order chi connectivity index (χ1) is 10.1. The molecule has 1 atom stereocenters. The normalized spacial score (nSPS) is 14.1. The van der Waals surface area contributed by atoms with Gasteiger partial charge in [-0.05, 0) is 36.3 Å². The van der Waals surface area contributed by atoms with Gasteiger partial charge in [0.25, 0.3) is 0 Å². The number of rotatable bonds is 11. The highest BCUT2D eigenvalue weighted by Gasteiger charge is 2.27. The van der Waals surface area contributed by atoms with Gasteiger partial charge in [0, 0.05) is 20.2 Å². The lowest BCUT2D eigenvalue weighted by molar-refractivity contribution is 0.156. The van der Waals surface area contributed by atoms with E-state index in [9.17, 15) is 0 Å². The molecule has 0 aliphatic rings. The van der Waals surface area contributed by atoms with Crippen molar-refractivity contribution < 1.29 is 9.47 Å². The molecule has 120 valence electrons. The van der Waals surface area contributed by atoms with Crippen LogP contribution < -0.4 is 10.1 Å². The first kappa shape index (κ1) is 18.0. The predicted molar refractivity (Wildman–Crippen MR) is 88.9 cm³/mol. The lowest BCUT2D eigenvalue weighted by Gasteiger charge is -2.34. The van der Waals surface area contributed by atoms with Gasteiger partial charge >= 0.3 is 0 Å². The van der Waals surface area contributed by atoms with Crippen LogP contribution in [0.25, 0.3) is 0 Å². The average Bonchev–Trinajstić information content (AvgIpc) is 2.49. The van der Waals surface area contributed by atoms with Gasteiger partial charge in [0.15, 0.2) is 0 Å². The summed E-state index contributed by atoms with van der Waals surface area (Å²) in [6, 6.07) is 10.0. The van der Waals surface area contributed by atoms with Crippen LogP contribution >= 0.6 is 0 Å². The molecule has 0 saturated carbocycles. The van der Waals surface area contributed by atoms with Gasteiger partial charge in [-0.1, -0.05) is 39.0 Å². The third-order valence-corrected chi connectivity index (χ3v) is 4.31. The summed E-state index contributed by atoms with van der Waals surface area (Å²) in [5.74, 6) is 1.60. The number of methoxy groups -OCH3 is 1. The van der Waals surface area contributed by atoms with E-state index in [2.05, 4.69) is 26.1 Å². The van der Waals surface area contributed by atoms with Crippen molar-refractivity contribution in [1.29, 1.82) is 0 Å². The average molecular weight is 293 g/mol. The lowest BCUT2D eigenvalue weighted by atomic mass is 9.75. The topological polar surface area (TPSA) is 30.5 Å². The Kier molecular flexibility index (Phi) is 8.40. The molecule has 3 nitrogen and oxygen atoms in total. The molecule has 1 N–H and O–H groups in total. The molecule has 1 rings (SSSR count). The fraction of sp³-hybridized carbons (Fsp3) is 0.667. The smallest absolute Gasteiger partial charge is 0.119 e. The standard InChI is InChI=1S/C18H31NO2/c1-16(2)18(3,15-19-12-14-20-4)11-8-13-21-17-9-6-5-7-10-17/h5-7,9-10,16,19H,8,11-15H2,1-4H3. The van der Waals surface area contributed by atoms with E-state index in [1.54, 1.807) is 7.11 Å². The Morgan fingerprint density at radius 2 is 1.86 bits per heavy atom. The molecule has 0 spiro atoms. The highest BCUT2D eigenvalue weighted by Crippen LogP contribution is 2.31. The van der Waals surface area contributed by atoms with Crippen LogP contribution in [-0.4, -0.2) is 33.4 Å². The minimum atomic E-state index is 0.299. The van der Waals surface area contributed by atoms with Gasteiger partial charge in [0.05, 0.1) is 13.2 Å². The maximum Gasteiger partial charge on any atom is 0.119 e. The van der Waals surface area contributed by atoms with Crippen molar-refractivity contribution in [3.05, 3.63) is 30.3 Å². The van der Waals surface area contributed by atoms with E-state index >= 15 is 0 Å². The van der Waals surface area contributed by atoms with Crippen molar-refractivity contribution in [2.24, 2.45) is 11.3 Å². The Morgan fingerprint density at radius 3 is 2.48 bits per heavy atom. The zero-order chi connectivity index (χ0) is 15.6. The molecule has 0 fully saturated rings. The van der Waals surface area contributed by atoms with Crippen LogP contribution in [0.5, 0.6) is 5.75 Å². The highest BCUT2D eigenvalue weighted by molar-refractivity contribution is 5.20. The van der Waals surface area contributed by atoms with Crippen molar-refractivity contribution in [1.82, 2.24) is 5.32 Å². The van der Waals surface area contributed by atoms with Crippen molar-refractivity contribution in [3.63, 3.8) is 0 Å². The highest BCUT2D eigenvalue weighted by atomic mass is 16.5. The van der Waals surface area contributed by atoms with Crippen LogP contribution in [0.2, 0.25) is 0 Å². The zero-order valence-corrected chi connectivity index (χ0v) is 14.0.